The molecule has 6 heteroatoms. The summed E-state index contributed by atoms with van der Waals surface area (Å²) < 4.78 is 2.51. The number of anilines is 6. The molecule has 0 bridgehead atoms. The highest BCUT2D eigenvalue weighted by molar-refractivity contribution is 7.21. The molecule has 0 aliphatic carbocycles. The van der Waals surface area contributed by atoms with Gasteiger partial charge in [0, 0.05) is 44.9 Å². The second-order valence-electron chi connectivity index (χ2n) is 22.2. The third kappa shape index (κ3) is 7.51. The van der Waals surface area contributed by atoms with Crippen LogP contribution in [0.4, 0.5) is 34.1 Å². The molecule has 2 aliphatic rings. The molecular weight excluding hydrogens is 1050 g/mol. The number of hydrogen-bond donors (Lipinski definition) is 0. The zero-order valence-corrected chi connectivity index (χ0v) is 48.3. The van der Waals surface area contributed by atoms with Crippen molar-refractivity contribution in [3.05, 3.63) is 340 Å². The summed E-state index contributed by atoms with van der Waals surface area (Å²) in [6.45, 7) is -0.0674. The van der Waals surface area contributed by atoms with E-state index in [0.717, 1.165) is 22.7 Å². The molecule has 14 aromatic rings. The summed E-state index contributed by atoms with van der Waals surface area (Å²) in [5.41, 5.74) is 14.3. The van der Waals surface area contributed by atoms with Gasteiger partial charge in [-0.2, -0.15) is 0 Å². The molecule has 3 nitrogen and oxygen atoms in total. The van der Waals surface area contributed by atoms with Gasteiger partial charge in [-0.05, 0) is 112 Å². The van der Waals surface area contributed by atoms with Gasteiger partial charge in [0.25, 0.3) is 6.71 Å². The number of hydrogen-bond acceptors (Lipinski definition) is 2. The third-order valence-corrected chi connectivity index (χ3v) is 27.7. The van der Waals surface area contributed by atoms with Crippen molar-refractivity contribution in [2.45, 2.75) is 0 Å². The fourth-order valence-electron chi connectivity index (χ4n) is 14.7. The predicted octanol–water partition coefficient (Wildman–Crippen LogP) is 11.6. The van der Waals surface area contributed by atoms with Crippen LogP contribution in [0.3, 0.4) is 0 Å². The van der Waals surface area contributed by atoms with Crippen LogP contribution < -0.4 is 67.7 Å². The maximum absolute atomic E-state index is 3.11. The van der Waals surface area contributed by atoms with Crippen LogP contribution in [-0.2, 0) is 0 Å². The molecule has 0 saturated carbocycles. The molecule has 3 heterocycles. The Hall–Kier alpha value is -10.2. The minimum atomic E-state index is -3.11. The lowest BCUT2D eigenvalue weighted by molar-refractivity contribution is 1.16. The topological polar surface area (TPSA) is 11.4 Å². The zero-order valence-electron chi connectivity index (χ0n) is 46.3. The molecule has 0 fully saturated rings. The lowest BCUT2D eigenvalue weighted by Crippen LogP contribution is -2.75. The Bertz CT molecular complexity index is 4480. The molecule has 13 aromatic carbocycles. The van der Waals surface area contributed by atoms with Crippen LogP contribution in [0.5, 0.6) is 0 Å². The van der Waals surface area contributed by atoms with Crippen LogP contribution in [0.1, 0.15) is 0 Å². The van der Waals surface area contributed by atoms with E-state index in [-0.39, 0.29) is 6.71 Å². The first-order chi connectivity index (χ1) is 41.7. The van der Waals surface area contributed by atoms with Crippen molar-refractivity contribution in [1.29, 1.82) is 0 Å². The smallest absolute Gasteiger partial charge is 0.252 e. The van der Waals surface area contributed by atoms with E-state index < -0.39 is 16.1 Å². The molecule has 2 aliphatic heterocycles. The van der Waals surface area contributed by atoms with Gasteiger partial charge in [0.05, 0.1) is 16.7 Å². The summed E-state index contributed by atoms with van der Waals surface area (Å²) in [5, 5.41) is 13.2. The fraction of sp³-hybridized carbons (Fsp3) is 0. The molecule has 394 valence electrons. The van der Waals surface area contributed by atoms with Crippen molar-refractivity contribution in [1.82, 2.24) is 4.57 Å². The molecule has 0 radical (unpaired) electrons. The van der Waals surface area contributed by atoms with Gasteiger partial charge < -0.3 is 14.4 Å². The number of para-hydroxylation sites is 5. The summed E-state index contributed by atoms with van der Waals surface area (Å²) in [7, 11) is -5.94. The quantitative estimate of drug-likeness (QED) is 0.0945. The lowest BCUT2D eigenvalue weighted by atomic mass is 9.33. The maximum atomic E-state index is 2.66. The Morgan fingerprint density at radius 2 is 0.571 bits per heavy atom. The summed E-state index contributed by atoms with van der Waals surface area (Å²) in [5.74, 6) is 0. The van der Waals surface area contributed by atoms with Gasteiger partial charge in [-0.1, -0.05) is 285 Å². The van der Waals surface area contributed by atoms with Crippen LogP contribution >= 0.6 is 0 Å². The molecule has 1 aromatic heterocycles. The van der Waals surface area contributed by atoms with E-state index in [4.69, 9.17) is 0 Å². The first kappa shape index (κ1) is 49.6. The van der Waals surface area contributed by atoms with Crippen molar-refractivity contribution in [2.75, 3.05) is 9.80 Å². The normalized spacial score (nSPS) is 12.7. The summed E-state index contributed by atoms with van der Waals surface area (Å²) in [6.07, 6.45) is 0. The number of rotatable bonds is 11. The zero-order chi connectivity index (χ0) is 55.6. The van der Waals surface area contributed by atoms with Crippen LogP contribution in [0.2, 0.25) is 0 Å². The highest BCUT2D eigenvalue weighted by atomic mass is 28.3. The molecule has 16 rings (SSSR count). The SMILES string of the molecule is c1ccc([Si](c2ccccc2)(c2ccccc2)c2ccc(N3c4ccccc4B4c5ccccc5N(c5ccccc5[Si](c5ccccc5)(c5ccccc5)c5ccccc5)c5cc(-n6c7ccccc7c7ccccc76)cc3c54)cc2)cc1. The Kier molecular flexibility index (Phi) is 12.0. The highest BCUT2D eigenvalue weighted by Gasteiger charge is 2.48. The minimum absolute atomic E-state index is 0.0674. The van der Waals surface area contributed by atoms with E-state index in [1.54, 1.807) is 0 Å². The first-order valence-corrected chi connectivity index (χ1v) is 33.2. The van der Waals surface area contributed by atoms with E-state index in [0.29, 0.717) is 0 Å². The Balaban J connectivity index is 1.00. The number of nitrogens with zero attached hydrogens (tertiary/aromatic N) is 3. The van der Waals surface area contributed by atoms with Gasteiger partial charge >= 0.3 is 0 Å². The third-order valence-electron chi connectivity index (χ3n) is 18.1. The monoisotopic (exact) mass is 1100 g/mol. The predicted molar refractivity (Wildman–Crippen MR) is 362 cm³/mol. The van der Waals surface area contributed by atoms with E-state index in [2.05, 4.69) is 354 Å². The minimum Gasteiger partial charge on any atom is -0.311 e. The Labute approximate surface area is 493 Å². The Morgan fingerprint density at radius 1 is 0.238 bits per heavy atom. The van der Waals surface area contributed by atoms with E-state index in [1.165, 1.54) is 96.8 Å². The first-order valence-electron chi connectivity index (χ1n) is 29.2. The van der Waals surface area contributed by atoms with Crippen LogP contribution in [0.25, 0.3) is 27.5 Å². The summed E-state index contributed by atoms with van der Waals surface area (Å²) >= 11 is 0. The molecule has 0 unspecified atom stereocenters. The average Bonchev–Trinajstić information content (AvgIpc) is 0.917. The Morgan fingerprint density at radius 3 is 1.02 bits per heavy atom. The van der Waals surface area contributed by atoms with Gasteiger partial charge in [0.2, 0.25) is 0 Å². The van der Waals surface area contributed by atoms with Crippen molar-refractivity contribution >= 4 is 137 Å². The summed E-state index contributed by atoms with van der Waals surface area (Å²) in [6, 6.07) is 128. The van der Waals surface area contributed by atoms with Gasteiger partial charge in [0.15, 0.2) is 16.1 Å². The summed E-state index contributed by atoms with van der Waals surface area (Å²) in [4.78, 5) is 5.24. The van der Waals surface area contributed by atoms with E-state index >= 15 is 0 Å². The molecule has 0 atom stereocenters. The van der Waals surface area contributed by atoms with Gasteiger partial charge in [-0.3, -0.25) is 0 Å². The highest BCUT2D eigenvalue weighted by Crippen LogP contribution is 2.46. The van der Waals surface area contributed by atoms with Crippen LogP contribution in [0.15, 0.2) is 340 Å². The molecule has 0 saturated heterocycles. The lowest BCUT2D eigenvalue weighted by Gasteiger charge is -2.46. The van der Waals surface area contributed by atoms with Crippen LogP contribution in [0, 0.1) is 0 Å². The largest absolute Gasteiger partial charge is 0.311 e. The van der Waals surface area contributed by atoms with Crippen molar-refractivity contribution in [3.63, 3.8) is 0 Å². The molecular formula is C78H56BN3Si2. The molecule has 0 amide bonds. The molecule has 84 heavy (non-hydrogen) atoms. The molecule has 0 N–H and O–H groups in total. The fourth-order valence-corrected chi connectivity index (χ4v) is 24.4. The van der Waals surface area contributed by atoms with Crippen molar-refractivity contribution in [2.24, 2.45) is 0 Å². The second kappa shape index (κ2) is 20.3. The maximum Gasteiger partial charge on any atom is 0.252 e. The van der Waals surface area contributed by atoms with Gasteiger partial charge in [0.1, 0.15) is 0 Å². The number of aromatic nitrogens is 1. The number of benzene rings is 13. The molecule has 0 spiro atoms. The van der Waals surface area contributed by atoms with Crippen LogP contribution in [-0.4, -0.2) is 27.4 Å². The van der Waals surface area contributed by atoms with Gasteiger partial charge in [-0.15, -0.1) is 0 Å². The van der Waals surface area contributed by atoms with Crippen molar-refractivity contribution in [3.8, 4) is 5.69 Å². The van der Waals surface area contributed by atoms with Crippen molar-refractivity contribution < 1.29 is 0 Å². The van der Waals surface area contributed by atoms with E-state index in [1.807, 2.05) is 0 Å². The van der Waals surface area contributed by atoms with Gasteiger partial charge in [-0.25, -0.2) is 0 Å². The average molecular weight is 1100 g/mol. The standard InChI is InChI=1S/C78H56BN3Si2/c1-7-29-59(30-8-1)83(60-31-9-2-10-32-60,61-33-11-3-12-34-61)65-53-51-57(52-54-65)80-72-47-25-21-43-68(72)79-69-44-22-26-48-73(69)82(76-56-58(55-75(80)78(76)79)81-70-45-23-19-41-66(70)67-42-20-24-46-71(67)81)74-49-27-28-50-77(74)84(62-35-13-4-14-36-62,63-37-15-5-16-38-63)64-39-17-6-18-40-64/h1-56H. The number of fused-ring (bicyclic) bond motifs is 7. The second-order valence-corrected chi connectivity index (χ2v) is 29.8. The van der Waals surface area contributed by atoms with E-state index in [9.17, 15) is 0 Å².